The molecule has 0 aliphatic heterocycles. The van der Waals surface area contributed by atoms with Gasteiger partial charge in [-0.3, -0.25) is 0 Å². The summed E-state index contributed by atoms with van der Waals surface area (Å²) in [5.41, 5.74) is 1.07. The molecule has 0 spiro atoms. The average molecular weight is 283 g/mol. The predicted octanol–water partition coefficient (Wildman–Crippen LogP) is 3.09. The SMILES string of the molecule is COCc1c(Cl)cccc1I. The summed E-state index contributed by atoms with van der Waals surface area (Å²) in [4.78, 5) is 0. The fourth-order valence-corrected chi connectivity index (χ4v) is 1.86. The molecule has 0 aliphatic carbocycles. The van der Waals surface area contributed by atoms with E-state index in [0.29, 0.717) is 6.61 Å². The van der Waals surface area contributed by atoms with Gasteiger partial charge < -0.3 is 4.74 Å². The summed E-state index contributed by atoms with van der Waals surface area (Å²) in [6, 6.07) is 5.82. The Labute approximate surface area is 84.8 Å². The maximum Gasteiger partial charge on any atom is 0.0737 e. The molecule has 3 heteroatoms. The minimum absolute atomic E-state index is 0.581. The fraction of sp³-hybridized carbons (Fsp3) is 0.250. The molecule has 0 radical (unpaired) electrons. The second kappa shape index (κ2) is 4.28. The zero-order chi connectivity index (χ0) is 8.27. The highest BCUT2D eigenvalue weighted by molar-refractivity contribution is 14.1. The first-order valence-electron chi connectivity index (χ1n) is 3.17. The van der Waals surface area contributed by atoms with Gasteiger partial charge in [0.1, 0.15) is 0 Å². The molecule has 1 nitrogen and oxygen atoms in total. The maximum atomic E-state index is 5.92. The second-order valence-corrected chi connectivity index (χ2v) is 3.70. The van der Waals surface area contributed by atoms with Crippen LogP contribution in [0.5, 0.6) is 0 Å². The molecule has 0 fully saturated rings. The Kier molecular flexibility index (Phi) is 3.62. The third-order valence-electron chi connectivity index (χ3n) is 1.35. The van der Waals surface area contributed by atoms with E-state index in [2.05, 4.69) is 22.6 Å². The molecule has 0 atom stereocenters. The van der Waals surface area contributed by atoms with E-state index in [4.69, 9.17) is 16.3 Å². The maximum absolute atomic E-state index is 5.92. The van der Waals surface area contributed by atoms with Gasteiger partial charge in [0, 0.05) is 21.3 Å². The molecule has 0 unspecified atom stereocenters. The van der Waals surface area contributed by atoms with Gasteiger partial charge in [-0.25, -0.2) is 0 Å². The third-order valence-corrected chi connectivity index (χ3v) is 2.72. The first kappa shape index (κ1) is 9.29. The normalized spacial score (nSPS) is 10.1. The highest BCUT2D eigenvalue weighted by atomic mass is 127. The Bertz CT molecular complexity index is 230. The van der Waals surface area contributed by atoms with Crippen molar-refractivity contribution in [1.82, 2.24) is 0 Å². The van der Waals surface area contributed by atoms with Crippen molar-refractivity contribution in [3.8, 4) is 0 Å². The van der Waals surface area contributed by atoms with Crippen LogP contribution in [0.2, 0.25) is 5.02 Å². The number of halogens is 2. The largest absolute Gasteiger partial charge is 0.380 e. The molecule has 0 heterocycles. The topological polar surface area (TPSA) is 9.23 Å². The van der Waals surface area contributed by atoms with E-state index >= 15 is 0 Å². The minimum Gasteiger partial charge on any atom is -0.380 e. The van der Waals surface area contributed by atoms with E-state index < -0.39 is 0 Å². The highest BCUT2D eigenvalue weighted by Crippen LogP contribution is 2.21. The zero-order valence-corrected chi connectivity index (χ0v) is 9.02. The van der Waals surface area contributed by atoms with Gasteiger partial charge in [0.25, 0.3) is 0 Å². The number of rotatable bonds is 2. The van der Waals surface area contributed by atoms with Gasteiger partial charge in [0.2, 0.25) is 0 Å². The van der Waals surface area contributed by atoms with E-state index in [9.17, 15) is 0 Å². The molecule has 60 valence electrons. The third kappa shape index (κ3) is 2.32. The summed E-state index contributed by atoms with van der Waals surface area (Å²) in [6.45, 7) is 0.581. The molecule has 0 bridgehead atoms. The lowest BCUT2D eigenvalue weighted by atomic mass is 10.2. The van der Waals surface area contributed by atoms with Gasteiger partial charge in [0.15, 0.2) is 0 Å². The Morgan fingerprint density at radius 1 is 1.55 bits per heavy atom. The van der Waals surface area contributed by atoms with Crippen LogP contribution in [0.25, 0.3) is 0 Å². The van der Waals surface area contributed by atoms with E-state index in [1.807, 2.05) is 18.2 Å². The standard InChI is InChI=1S/C8H8ClIO/c1-11-5-6-7(9)3-2-4-8(6)10/h2-4H,5H2,1H3. The minimum atomic E-state index is 0.581. The van der Waals surface area contributed by atoms with Crippen molar-refractivity contribution in [2.75, 3.05) is 7.11 Å². The number of methoxy groups -OCH3 is 1. The Morgan fingerprint density at radius 2 is 2.27 bits per heavy atom. The molecule has 0 amide bonds. The van der Waals surface area contributed by atoms with Crippen LogP contribution < -0.4 is 0 Å². The number of hydrogen-bond acceptors (Lipinski definition) is 1. The van der Waals surface area contributed by atoms with Crippen molar-refractivity contribution in [1.29, 1.82) is 0 Å². The van der Waals surface area contributed by atoms with Crippen molar-refractivity contribution in [2.24, 2.45) is 0 Å². The molecule has 0 N–H and O–H groups in total. The van der Waals surface area contributed by atoms with Gasteiger partial charge in [-0.05, 0) is 34.7 Å². The molecule has 0 saturated heterocycles. The summed E-state index contributed by atoms with van der Waals surface area (Å²) in [6.07, 6.45) is 0. The van der Waals surface area contributed by atoms with Gasteiger partial charge in [0.05, 0.1) is 6.61 Å². The number of ether oxygens (including phenoxy) is 1. The Balaban J connectivity index is 3.00. The lowest BCUT2D eigenvalue weighted by Gasteiger charge is -2.04. The smallest absolute Gasteiger partial charge is 0.0737 e. The van der Waals surface area contributed by atoms with E-state index in [0.717, 1.165) is 14.2 Å². The summed E-state index contributed by atoms with van der Waals surface area (Å²) in [5.74, 6) is 0. The molecule has 1 rings (SSSR count). The molecule has 0 aromatic heterocycles. The summed E-state index contributed by atoms with van der Waals surface area (Å²) < 4.78 is 6.15. The highest BCUT2D eigenvalue weighted by Gasteiger charge is 2.02. The van der Waals surface area contributed by atoms with Gasteiger partial charge in [-0.15, -0.1) is 0 Å². The molecule has 1 aromatic carbocycles. The van der Waals surface area contributed by atoms with Gasteiger partial charge >= 0.3 is 0 Å². The average Bonchev–Trinajstić information content (AvgIpc) is 1.97. The molecule has 0 saturated carbocycles. The van der Waals surface area contributed by atoms with Crippen LogP contribution in [0.15, 0.2) is 18.2 Å². The predicted molar refractivity (Wildman–Crippen MR) is 54.9 cm³/mol. The van der Waals surface area contributed by atoms with Crippen LogP contribution in [0, 0.1) is 3.57 Å². The lowest BCUT2D eigenvalue weighted by Crippen LogP contribution is -1.91. The van der Waals surface area contributed by atoms with E-state index in [1.54, 1.807) is 7.11 Å². The van der Waals surface area contributed by atoms with Crippen LogP contribution in [0.1, 0.15) is 5.56 Å². The second-order valence-electron chi connectivity index (χ2n) is 2.13. The van der Waals surface area contributed by atoms with Gasteiger partial charge in [-0.1, -0.05) is 17.7 Å². The monoisotopic (exact) mass is 282 g/mol. The van der Waals surface area contributed by atoms with Crippen LogP contribution in [0.3, 0.4) is 0 Å². The van der Waals surface area contributed by atoms with Crippen molar-refractivity contribution in [2.45, 2.75) is 6.61 Å². The van der Waals surface area contributed by atoms with Crippen LogP contribution >= 0.6 is 34.2 Å². The first-order chi connectivity index (χ1) is 5.25. The number of hydrogen-bond donors (Lipinski definition) is 0. The van der Waals surface area contributed by atoms with Crippen molar-refractivity contribution in [3.05, 3.63) is 32.4 Å². The van der Waals surface area contributed by atoms with Gasteiger partial charge in [-0.2, -0.15) is 0 Å². The Hall–Kier alpha value is 0.200. The quantitative estimate of drug-likeness (QED) is 0.758. The van der Waals surface area contributed by atoms with E-state index in [1.165, 1.54) is 0 Å². The fourth-order valence-electron chi connectivity index (χ4n) is 0.815. The summed E-state index contributed by atoms with van der Waals surface area (Å²) in [7, 11) is 1.67. The van der Waals surface area contributed by atoms with E-state index in [-0.39, 0.29) is 0 Å². The molecular weight excluding hydrogens is 274 g/mol. The van der Waals surface area contributed by atoms with Crippen molar-refractivity contribution >= 4 is 34.2 Å². The molecule has 1 aromatic rings. The summed E-state index contributed by atoms with van der Waals surface area (Å²) >= 11 is 8.17. The Morgan fingerprint density at radius 3 is 2.82 bits per heavy atom. The van der Waals surface area contributed by atoms with Crippen LogP contribution in [0.4, 0.5) is 0 Å². The summed E-state index contributed by atoms with van der Waals surface area (Å²) in [5, 5.41) is 0.777. The number of benzene rings is 1. The van der Waals surface area contributed by atoms with Crippen molar-refractivity contribution < 1.29 is 4.74 Å². The molecule has 11 heavy (non-hydrogen) atoms. The molecular formula is C8H8ClIO. The van der Waals surface area contributed by atoms with Crippen LogP contribution in [-0.2, 0) is 11.3 Å². The lowest BCUT2D eigenvalue weighted by molar-refractivity contribution is 0.184. The van der Waals surface area contributed by atoms with Crippen molar-refractivity contribution in [3.63, 3.8) is 0 Å². The van der Waals surface area contributed by atoms with Crippen LogP contribution in [-0.4, -0.2) is 7.11 Å². The first-order valence-corrected chi connectivity index (χ1v) is 4.63. The molecule has 0 aliphatic rings. The zero-order valence-electron chi connectivity index (χ0n) is 6.10.